The lowest BCUT2D eigenvalue weighted by Crippen LogP contribution is -2.07. The number of nitriles is 1. The van der Waals surface area contributed by atoms with Crippen LogP contribution in [0, 0.1) is 25.2 Å². The molecule has 4 aromatic carbocycles. The summed E-state index contributed by atoms with van der Waals surface area (Å²) in [7, 11) is 0. The fourth-order valence-corrected chi connectivity index (χ4v) is 5.46. The second kappa shape index (κ2) is 10.3. The lowest BCUT2D eigenvalue weighted by atomic mass is 10.1. The van der Waals surface area contributed by atoms with Crippen LogP contribution < -0.4 is 9.47 Å². The molecule has 0 amide bonds. The summed E-state index contributed by atoms with van der Waals surface area (Å²) in [6, 6.07) is 33.4. The van der Waals surface area contributed by atoms with Crippen LogP contribution in [0.5, 0.6) is 23.1 Å². The lowest BCUT2D eigenvalue weighted by molar-refractivity contribution is 0.449. The van der Waals surface area contributed by atoms with Gasteiger partial charge in [-0.25, -0.2) is 9.97 Å². The zero-order valence-corrected chi connectivity index (χ0v) is 23.0. The Kier molecular flexibility index (Phi) is 6.14. The third-order valence-electron chi connectivity index (χ3n) is 7.29. The summed E-state index contributed by atoms with van der Waals surface area (Å²) >= 11 is 0. The van der Waals surface area contributed by atoms with E-state index in [9.17, 15) is 5.26 Å². The largest absolute Gasteiger partial charge is 0.456 e. The van der Waals surface area contributed by atoms with Crippen molar-refractivity contribution in [2.75, 3.05) is 0 Å². The van der Waals surface area contributed by atoms with E-state index in [-0.39, 0.29) is 0 Å². The highest BCUT2D eigenvalue weighted by Crippen LogP contribution is 2.38. The summed E-state index contributed by atoms with van der Waals surface area (Å²) in [4.78, 5) is 9.05. The molecule has 7 heteroatoms. The van der Waals surface area contributed by atoms with Crippen molar-refractivity contribution in [3.8, 4) is 40.8 Å². The Hall–Kier alpha value is -5.87. The maximum Gasteiger partial charge on any atom is 0.219 e. The minimum absolute atomic E-state index is 0.430. The van der Waals surface area contributed by atoms with Crippen LogP contribution in [0.15, 0.2) is 116 Å². The van der Waals surface area contributed by atoms with Crippen molar-refractivity contribution in [1.29, 1.82) is 5.26 Å². The highest BCUT2D eigenvalue weighted by Gasteiger charge is 2.20. The van der Waals surface area contributed by atoms with Crippen LogP contribution in [0.4, 0.5) is 0 Å². The minimum atomic E-state index is 0.430. The van der Waals surface area contributed by atoms with E-state index >= 15 is 0 Å². The van der Waals surface area contributed by atoms with Crippen molar-refractivity contribution >= 4 is 21.8 Å². The molecule has 0 atom stereocenters. The number of benzene rings is 4. The molecule has 0 fully saturated rings. The lowest BCUT2D eigenvalue weighted by Gasteiger charge is -2.16. The smallest absolute Gasteiger partial charge is 0.219 e. The molecule has 0 saturated heterocycles. The molecule has 42 heavy (non-hydrogen) atoms. The Bertz CT molecular complexity index is 2120. The standard InChI is InChI=1S/C35H25N5O2/c1-23-9-7-10-24(2)34(23)39-18-17-38-35(39)40-30-14-4-3-13-28(30)29-19-25(22-36)32(21-31(29)40)41-26-11-8-12-27(20-26)42-33-15-5-6-16-37-33/h3-21H,1-2H3. The number of hydrogen-bond acceptors (Lipinski definition) is 5. The van der Waals surface area contributed by atoms with Crippen molar-refractivity contribution in [2.24, 2.45) is 0 Å². The third-order valence-corrected chi connectivity index (χ3v) is 7.29. The van der Waals surface area contributed by atoms with E-state index in [0.717, 1.165) is 44.6 Å². The van der Waals surface area contributed by atoms with Crippen LogP contribution in [0.25, 0.3) is 33.4 Å². The van der Waals surface area contributed by atoms with Gasteiger partial charge in [-0.05, 0) is 55.3 Å². The van der Waals surface area contributed by atoms with Gasteiger partial charge in [0, 0.05) is 47.6 Å². The molecule has 3 heterocycles. The maximum atomic E-state index is 10.1. The van der Waals surface area contributed by atoms with Gasteiger partial charge in [0.05, 0.1) is 22.3 Å². The van der Waals surface area contributed by atoms with Crippen LogP contribution in [0.1, 0.15) is 16.7 Å². The first-order valence-corrected chi connectivity index (χ1v) is 13.5. The normalized spacial score (nSPS) is 11.1. The van der Waals surface area contributed by atoms with Crippen LogP contribution in [-0.2, 0) is 0 Å². The number of aryl methyl sites for hydroxylation is 2. The van der Waals surface area contributed by atoms with Crippen molar-refractivity contribution in [3.63, 3.8) is 0 Å². The summed E-state index contributed by atoms with van der Waals surface area (Å²) in [6.45, 7) is 4.21. The minimum Gasteiger partial charge on any atom is -0.456 e. The van der Waals surface area contributed by atoms with Gasteiger partial charge in [0.2, 0.25) is 11.8 Å². The van der Waals surface area contributed by atoms with Crippen LogP contribution >= 0.6 is 0 Å². The van der Waals surface area contributed by atoms with E-state index < -0.39 is 0 Å². The summed E-state index contributed by atoms with van der Waals surface area (Å²) in [5, 5.41) is 12.1. The van der Waals surface area contributed by atoms with E-state index in [1.165, 1.54) is 0 Å². The number of fused-ring (bicyclic) bond motifs is 3. The molecule has 0 spiro atoms. The molecule has 0 N–H and O–H groups in total. The van der Waals surface area contributed by atoms with E-state index in [1.807, 2.05) is 67.0 Å². The third kappa shape index (κ3) is 4.32. The number of para-hydroxylation sites is 2. The number of rotatable bonds is 6. The second-order valence-electron chi connectivity index (χ2n) is 10.0. The fraction of sp³-hybridized carbons (Fsp3) is 0.0571. The van der Waals surface area contributed by atoms with Gasteiger partial charge in [-0.3, -0.25) is 9.13 Å². The zero-order valence-electron chi connectivity index (χ0n) is 23.0. The van der Waals surface area contributed by atoms with E-state index in [4.69, 9.17) is 14.5 Å². The number of ether oxygens (including phenoxy) is 2. The molecular weight excluding hydrogens is 522 g/mol. The van der Waals surface area contributed by atoms with Crippen molar-refractivity contribution < 1.29 is 9.47 Å². The van der Waals surface area contributed by atoms with Gasteiger partial charge in [0.1, 0.15) is 23.3 Å². The van der Waals surface area contributed by atoms with Crippen molar-refractivity contribution in [2.45, 2.75) is 13.8 Å². The van der Waals surface area contributed by atoms with Gasteiger partial charge in [0.25, 0.3) is 0 Å². The molecule has 0 aliphatic carbocycles. The summed E-state index contributed by atoms with van der Waals surface area (Å²) < 4.78 is 16.5. The van der Waals surface area contributed by atoms with Gasteiger partial charge in [-0.2, -0.15) is 5.26 Å². The number of nitrogens with zero attached hydrogens (tertiary/aromatic N) is 5. The van der Waals surface area contributed by atoms with Gasteiger partial charge >= 0.3 is 0 Å². The van der Waals surface area contributed by atoms with E-state index in [0.29, 0.717) is 28.7 Å². The molecule has 7 nitrogen and oxygen atoms in total. The van der Waals surface area contributed by atoms with Gasteiger partial charge < -0.3 is 9.47 Å². The monoisotopic (exact) mass is 547 g/mol. The molecule has 7 rings (SSSR count). The summed E-state index contributed by atoms with van der Waals surface area (Å²) in [6.07, 6.45) is 5.48. The van der Waals surface area contributed by atoms with Crippen molar-refractivity contribution in [3.05, 3.63) is 132 Å². The first-order chi connectivity index (χ1) is 20.6. The molecule has 0 unspecified atom stereocenters. The highest BCUT2D eigenvalue weighted by molar-refractivity contribution is 6.10. The molecule has 7 aromatic rings. The Morgan fingerprint density at radius 1 is 0.690 bits per heavy atom. The molecule has 3 aromatic heterocycles. The SMILES string of the molecule is Cc1cccc(C)c1-n1ccnc1-n1c2ccccc2c2cc(C#N)c(Oc3cccc(Oc4ccccn4)c3)cc21. The topological polar surface area (TPSA) is 77.9 Å². The Morgan fingerprint density at radius 3 is 2.24 bits per heavy atom. The molecule has 0 radical (unpaired) electrons. The van der Waals surface area contributed by atoms with Crippen LogP contribution in [-0.4, -0.2) is 19.1 Å². The molecule has 0 aliphatic heterocycles. The first-order valence-electron chi connectivity index (χ1n) is 13.5. The average Bonchev–Trinajstić information content (AvgIpc) is 3.59. The molecular formula is C35H25N5O2. The summed E-state index contributed by atoms with van der Waals surface area (Å²) in [5.74, 6) is 2.79. The second-order valence-corrected chi connectivity index (χ2v) is 10.0. The van der Waals surface area contributed by atoms with Crippen molar-refractivity contribution in [1.82, 2.24) is 19.1 Å². The number of imidazole rings is 1. The van der Waals surface area contributed by atoms with Crippen LogP contribution in [0.3, 0.4) is 0 Å². The number of pyridine rings is 1. The van der Waals surface area contributed by atoms with Gasteiger partial charge in [-0.15, -0.1) is 0 Å². The molecule has 202 valence electrons. The fourth-order valence-electron chi connectivity index (χ4n) is 5.46. The maximum absolute atomic E-state index is 10.1. The Morgan fingerprint density at radius 2 is 1.45 bits per heavy atom. The number of aromatic nitrogens is 4. The molecule has 0 bridgehead atoms. The predicted molar refractivity (Wildman–Crippen MR) is 163 cm³/mol. The Balaban J connectivity index is 1.39. The highest BCUT2D eigenvalue weighted by atomic mass is 16.5. The molecule has 0 saturated carbocycles. The number of hydrogen-bond donors (Lipinski definition) is 0. The average molecular weight is 548 g/mol. The van der Waals surface area contributed by atoms with Crippen LogP contribution in [0.2, 0.25) is 0 Å². The van der Waals surface area contributed by atoms with Gasteiger partial charge in [0.15, 0.2) is 0 Å². The van der Waals surface area contributed by atoms with E-state index in [1.54, 1.807) is 18.3 Å². The predicted octanol–water partition coefficient (Wildman–Crippen LogP) is 8.44. The quantitative estimate of drug-likeness (QED) is 0.209. The zero-order chi connectivity index (χ0) is 28.6. The summed E-state index contributed by atoms with van der Waals surface area (Å²) in [5.41, 5.74) is 5.69. The van der Waals surface area contributed by atoms with E-state index in [2.05, 4.69) is 64.4 Å². The molecule has 0 aliphatic rings. The Labute approximate surface area is 242 Å². The van der Waals surface area contributed by atoms with Gasteiger partial charge in [-0.1, -0.05) is 48.5 Å². The first kappa shape index (κ1) is 25.1.